The fourth-order valence-corrected chi connectivity index (χ4v) is 3.60. The quantitative estimate of drug-likeness (QED) is 0.632. The van der Waals surface area contributed by atoms with Crippen LogP contribution >= 0.6 is 0 Å². The molecule has 5 heteroatoms. The van der Waals surface area contributed by atoms with E-state index in [1.165, 1.54) is 0 Å². The Labute approximate surface area is 134 Å². The summed E-state index contributed by atoms with van der Waals surface area (Å²) >= 11 is 0. The Morgan fingerprint density at radius 1 is 1.36 bits per heavy atom. The van der Waals surface area contributed by atoms with Gasteiger partial charge in [0.25, 0.3) is 0 Å². The number of amides is 1. The van der Waals surface area contributed by atoms with Gasteiger partial charge < -0.3 is 14.5 Å². The second-order valence-corrected chi connectivity index (χ2v) is 7.94. The van der Waals surface area contributed by atoms with Crippen molar-refractivity contribution < 1.29 is 14.4 Å². The average molecular weight is 312 g/mol. The highest BCUT2D eigenvalue weighted by molar-refractivity contribution is 5.69. The molecule has 0 unspecified atom stereocenters. The Balaban J connectivity index is 3.05. The van der Waals surface area contributed by atoms with Crippen LogP contribution in [0.5, 0.6) is 0 Å². The molecule has 5 nitrogen and oxygen atoms in total. The van der Waals surface area contributed by atoms with Gasteiger partial charge in [-0.3, -0.25) is 0 Å². The predicted octanol–water partition coefficient (Wildman–Crippen LogP) is 3.84. The van der Waals surface area contributed by atoms with Crippen LogP contribution in [-0.2, 0) is 9.57 Å². The van der Waals surface area contributed by atoms with E-state index < -0.39 is 5.60 Å². The zero-order valence-corrected chi connectivity index (χ0v) is 15.2. The van der Waals surface area contributed by atoms with Crippen molar-refractivity contribution in [3.8, 4) is 0 Å². The minimum atomic E-state index is -0.497. The van der Waals surface area contributed by atoms with Crippen molar-refractivity contribution in [2.75, 3.05) is 6.54 Å². The predicted molar refractivity (Wildman–Crippen MR) is 87.9 cm³/mol. The second-order valence-electron chi connectivity index (χ2n) is 7.94. The number of allylic oxidation sites excluding steroid dienone is 1. The van der Waals surface area contributed by atoms with Crippen LogP contribution in [0.25, 0.3) is 0 Å². The monoisotopic (exact) mass is 312 g/mol. The molecule has 0 aromatic heterocycles. The lowest BCUT2D eigenvalue weighted by atomic mass is 9.66. The normalized spacial score (nSPS) is 23.8. The van der Waals surface area contributed by atoms with Gasteiger partial charge in [0, 0.05) is 17.5 Å². The van der Waals surface area contributed by atoms with Gasteiger partial charge >= 0.3 is 6.09 Å². The molecule has 1 aliphatic heterocycles. The van der Waals surface area contributed by atoms with E-state index in [1.807, 2.05) is 25.7 Å². The number of nitrogens with two attached hydrogens (primary N) is 1. The lowest BCUT2D eigenvalue weighted by Gasteiger charge is -2.44. The summed E-state index contributed by atoms with van der Waals surface area (Å²) in [6.45, 7) is 18.6. The van der Waals surface area contributed by atoms with Crippen LogP contribution in [0.15, 0.2) is 12.3 Å². The molecule has 128 valence electrons. The third kappa shape index (κ3) is 3.40. The van der Waals surface area contributed by atoms with Crippen molar-refractivity contribution in [3.63, 3.8) is 0 Å². The molecule has 0 aliphatic carbocycles. The van der Waals surface area contributed by atoms with E-state index in [1.54, 1.807) is 0 Å². The smallest absolute Gasteiger partial charge is 0.410 e. The number of carbonyl (C=O) groups excluding carboxylic acids is 1. The summed E-state index contributed by atoms with van der Waals surface area (Å²) in [5.74, 6) is 6.13. The topological polar surface area (TPSA) is 64.8 Å². The summed E-state index contributed by atoms with van der Waals surface area (Å²) in [5.41, 5.74) is -1.13. The first kappa shape index (κ1) is 18.8. The standard InChI is InChI=1S/C17H32N2O3/c1-9-17(8,12(2)22-18)13-10-11-19(16(13,6)7)14(20)21-15(3,4)5/h13H,2,9-11,18H2,1,3-8H3/t13-,17+/m0/s1. The van der Waals surface area contributed by atoms with Gasteiger partial charge in [0.1, 0.15) is 11.4 Å². The zero-order valence-electron chi connectivity index (χ0n) is 15.2. The molecule has 22 heavy (non-hydrogen) atoms. The van der Waals surface area contributed by atoms with Crippen LogP contribution in [0.4, 0.5) is 4.79 Å². The van der Waals surface area contributed by atoms with E-state index in [-0.39, 0.29) is 23.0 Å². The van der Waals surface area contributed by atoms with Crippen LogP contribution in [0, 0.1) is 11.3 Å². The fraction of sp³-hybridized carbons (Fsp3) is 0.824. The first-order valence-corrected chi connectivity index (χ1v) is 7.97. The Morgan fingerprint density at radius 2 is 1.91 bits per heavy atom. The van der Waals surface area contributed by atoms with Gasteiger partial charge in [-0.05, 0) is 53.4 Å². The number of carbonyl (C=O) groups is 1. The van der Waals surface area contributed by atoms with Crippen molar-refractivity contribution in [1.29, 1.82) is 0 Å². The number of hydrogen-bond acceptors (Lipinski definition) is 4. The minimum absolute atomic E-state index is 0.202. The Bertz CT molecular complexity index is 440. The SMILES string of the molecule is C=C(ON)[C@@](C)(CC)[C@H]1CCN(C(=O)OC(C)(C)C)C1(C)C. The molecule has 1 amide bonds. The maximum Gasteiger partial charge on any atom is 0.410 e. The fourth-order valence-electron chi connectivity index (χ4n) is 3.60. The third-order valence-corrected chi connectivity index (χ3v) is 5.09. The van der Waals surface area contributed by atoms with E-state index in [9.17, 15) is 4.79 Å². The van der Waals surface area contributed by atoms with Crippen LogP contribution in [0.1, 0.15) is 61.3 Å². The van der Waals surface area contributed by atoms with Crippen molar-refractivity contribution in [3.05, 3.63) is 12.3 Å². The molecule has 0 bridgehead atoms. The molecule has 1 rings (SSSR count). The van der Waals surface area contributed by atoms with Gasteiger partial charge in [-0.1, -0.05) is 20.4 Å². The maximum atomic E-state index is 12.5. The molecule has 1 saturated heterocycles. The molecule has 0 spiro atoms. The highest BCUT2D eigenvalue weighted by Gasteiger charge is 2.53. The first-order chi connectivity index (χ1) is 9.90. The number of rotatable bonds is 4. The molecule has 1 heterocycles. The Kier molecular flexibility index (Phi) is 5.22. The number of ether oxygens (including phenoxy) is 1. The van der Waals surface area contributed by atoms with E-state index in [4.69, 9.17) is 15.5 Å². The van der Waals surface area contributed by atoms with Crippen LogP contribution in [-0.4, -0.2) is 28.7 Å². The summed E-state index contributed by atoms with van der Waals surface area (Å²) in [7, 11) is 0. The minimum Gasteiger partial charge on any atom is -0.444 e. The molecular weight excluding hydrogens is 280 g/mol. The van der Waals surface area contributed by atoms with Gasteiger partial charge in [0.05, 0.1) is 0 Å². The average Bonchev–Trinajstić information content (AvgIpc) is 2.70. The maximum absolute atomic E-state index is 12.5. The zero-order chi connectivity index (χ0) is 17.3. The number of likely N-dealkylation sites (tertiary alicyclic amines) is 1. The second kappa shape index (κ2) is 6.11. The van der Waals surface area contributed by atoms with E-state index >= 15 is 0 Å². The van der Waals surface area contributed by atoms with Crippen molar-refractivity contribution in [2.45, 2.75) is 72.4 Å². The van der Waals surface area contributed by atoms with Gasteiger partial charge in [-0.2, -0.15) is 5.90 Å². The Morgan fingerprint density at radius 3 is 2.32 bits per heavy atom. The lowest BCUT2D eigenvalue weighted by Crippen LogP contribution is -2.51. The van der Waals surface area contributed by atoms with Crippen molar-refractivity contribution in [1.82, 2.24) is 4.90 Å². The van der Waals surface area contributed by atoms with E-state index in [0.29, 0.717) is 12.3 Å². The van der Waals surface area contributed by atoms with Crippen LogP contribution in [0.3, 0.4) is 0 Å². The molecule has 1 aliphatic rings. The summed E-state index contributed by atoms with van der Waals surface area (Å²) in [5, 5.41) is 0. The largest absolute Gasteiger partial charge is 0.444 e. The molecule has 2 N–H and O–H groups in total. The molecule has 2 atom stereocenters. The molecular formula is C17H32N2O3. The van der Waals surface area contributed by atoms with Crippen molar-refractivity contribution >= 4 is 6.09 Å². The van der Waals surface area contributed by atoms with Gasteiger partial charge in [0.15, 0.2) is 0 Å². The number of hydrogen-bond donors (Lipinski definition) is 1. The third-order valence-electron chi connectivity index (χ3n) is 5.09. The number of nitrogens with zero attached hydrogens (tertiary/aromatic N) is 1. The van der Waals surface area contributed by atoms with Crippen LogP contribution < -0.4 is 5.90 Å². The van der Waals surface area contributed by atoms with E-state index in [0.717, 1.165) is 12.8 Å². The molecule has 1 fully saturated rings. The lowest BCUT2D eigenvalue weighted by molar-refractivity contribution is -0.00594. The molecule has 0 saturated carbocycles. The van der Waals surface area contributed by atoms with Gasteiger partial charge in [-0.25, -0.2) is 4.79 Å². The van der Waals surface area contributed by atoms with Crippen molar-refractivity contribution in [2.24, 2.45) is 17.2 Å². The Hall–Kier alpha value is -1.23. The summed E-state index contributed by atoms with van der Waals surface area (Å²) in [4.78, 5) is 19.3. The summed E-state index contributed by atoms with van der Waals surface area (Å²) < 4.78 is 5.55. The highest BCUT2D eigenvalue weighted by atomic mass is 16.6. The van der Waals surface area contributed by atoms with E-state index in [2.05, 4.69) is 34.3 Å². The molecule has 0 radical (unpaired) electrons. The highest BCUT2D eigenvalue weighted by Crippen LogP contribution is 2.50. The van der Waals surface area contributed by atoms with Gasteiger partial charge in [-0.15, -0.1) is 0 Å². The first-order valence-electron chi connectivity index (χ1n) is 7.97. The summed E-state index contributed by atoms with van der Waals surface area (Å²) in [6, 6.07) is 0. The van der Waals surface area contributed by atoms with Crippen LogP contribution in [0.2, 0.25) is 0 Å². The van der Waals surface area contributed by atoms with Gasteiger partial charge in [0.2, 0.25) is 0 Å². The molecule has 0 aromatic rings. The summed E-state index contributed by atoms with van der Waals surface area (Å²) in [6.07, 6.45) is 1.45. The molecule has 0 aromatic carbocycles.